The number of hydrogen-bond acceptors (Lipinski definition) is 2. The van der Waals surface area contributed by atoms with Gasteiger partial charge in [-0.05, 0) is 18.2 Å². The van der Waals surface area contributed by atoms with Gasteiger partial charge in [0.15, 0.2) is 0 Å². The summed E-state index contributed by atoms with van der Waals surface area (Å²) in [4.78, 5) is 0. The Kier molecular flexibility index (Phi) is 0.645. The predicted molar refractivity (Wildman–Crippen MR) is 37.4 cm³/mol. The molecule has 0 aromatic heterocycles. The third-order valence-corrected chi connectivity index (χ3v) is 2.60. The van der Waals surface area contributed by atoms with E-state index in [4.69, 9.17) is 4.74 Å². The summed E-state index contributed by atoms with van der Waals surface area (Å²) in [7, 11) is 0. The van der Waals surface area contributed by atoms with Gasteiger partial charge in [0.1, 0.15) is 11.4 Å². The first-order valence-electron chi connectivity index (χ1n) is 3.70. The van der Waals surface area contributed by atoms with E-state index in [2.05, 4.69) is 23.5 Å². The lowest BCUT2D eigenvalue weighted by Gasteiger charge is -2.20. The van der Waals surface area contributed by atoms with Crippen molar-refractivity contribution in [3.63, 3.8) is 0 Å². The molecule has 0 aromatic carbocycles. The van der Waals surface area contributed by atoms with E-state index in [0.29, 0.717) is 5.92 Å². The molecule has 3 heterocycles. The van der Waals surface area contributed by atoms with E-state index >= 15 is 0 Å². The topological polar surface area (TPSA) is 21.3 Å². The molecule has 52 valence electrons. The van der Waals surface area contributed by atoms with E-state index in [1.165, 1.54) is 0 Å². The minimum atomic E-state index is 0.0370. The molecule has 1 N–H and O–H groups in total. The van der Waals surface area contributed by atoms with Gasteiger partial charge in [0.2, 0.25) is 0 Å². The molecule has 3 rings (SSSR count). The van der Waals surface area contributed by atoms with Crippen LogP contribution in [0.4, 0.5) is 0 Å². The van der Waals surface area contributed by atoms with Crippen molar-refractivity contribution in [2.24, 2.45) is 5.92 Å². The molecule has 1 fully saturated rings. The number of hydrogen-bond donors (Lipinski definition) is 1. The summed E-state index contributed by atoms with van der Waals surface area (Å²) in [5.41, 5.74) is 0.0370. The fourth-order valence-electron chi connectivity index (χ4n) is 2.02. The highest BCUT2D eigenvalue weighted by molar-refractivity contribution is 5.37. The molecule has 2 heteroatoms. The number of nitrogens with one attached hydrogen (secondary N) is 1. The third-order valence-electron chi connectivity index (χ3n) is 2.60. The fraction of sp³-hybridized carbons (Fsp3) is 0.500. The quantitative estimate of drug-likeness (QED) is 0.520. The first kappa shape index (κ1) is 4.97. The lowest BCUT2D eigenvalue weighted by molar-refractivity contribution is 0.0883. The van der Waals surface area contributed by atoms with Crippen LogP contribution >= 0.6 is 0 Å². The molecule has 1 saturated heterocycles. The predicted octanol–water partition coefficient (Wildman–Crippen LogP) is 0.428. The van der Waals surface area contributed by atoms with Gasteiger partial charge in [-0.2, -0.15) is 0 Å². The van der Waals surface area contributed by atoms with Crippen molar-refractivity contribution in [3.8, 4) is 0 Å². The van der Waals surface area contributed by atoms with Gasteiger partial charge >= 0.3 is 0 Å². The van der Waals surface area contributed by atoms with Crippen molar-refractivity contribution in [2.75, 3.05) is 13.1 Å². The van der Waals surface area contributed by atoms with Gasteiger partial charge in [0.05, 0.1) is 0 Å². The highest BCUT2D eigenvalue weighted by atomic mass is 16.5. The van der Waals surface area contributed by atoms with Crippen LogP contribution < -0.4 is 5.32 Å². The van der Waals surface area contributed by atoms with E-state index in [-0.39, 0.29) is 5.60 Å². The molecule has 10 heavy (non-hydrogen) atoms. The van der Waals surface area contributed by atoms with Crippen LogP contribution in [0.25, 0.3) is 0 Å². The number of fused-ring (bicyclic) bond motifs is 1. The lowest BCUT2D eigenvalue weighted by atomic mass is 9.90. The minimum Gasteiger partial charge on any atom is -0.482 e. The van der Waals surface area contributed by atoms with Gasteiger partial charge in [-0.25, -0.2) is 0 Å². The van der Waals surface area contributed by atoms with Crippen molar-refractivity contribution >= 4 is 0 Å². The van der Waals surface area contributed by atoms with Gasteiger partial charge in [0, 0.05) is 19.0 Å². The van der Waals surface area contributed by atoms with Crippen molar-refractivity contribution in [1.29, 1.82) is 0 Å². The highest BCUT2D eigenvalue weighted by Crippen LogP contribution is 2.42. The standard InChI is InChI=1S/C8H9NO/c1-2-8-5-9-4-6(8)3-7(1)10-8/h1-3,6,9H,4-5H2. The largest absolute Gasteiger partial charge is 0.482 e. The Morgan fingerprint density at radius 1 is 1.70 bits per heavy atom. The molecule has 0 aliphatic carbocycles. The third kappa shape index (κ3) is 0.380. The van der Waals surface area contributed by atoms with Crippen LogP contribution in [-0.2, 0) is 4.74 Å². The molecular formula is C8H9NO. The van der Waals surface area contributed by atoms with Crippen LogP contribution in [-0.4, -0.2) is 18.7 Å². The smallest absolute Gasteiger partial charge is 0.147 e. The average Bonchev–Trinajstić information content (AvgIpc) is 2.48. The summed E-state index contributed by atoms with van der Waals surface area (Å²) < 4.78 is 5.67. The van der Waals surface area contributed by atoms with E-state index < -0.39 is 0 Å². The van der Waals surface area contributed by atoms with Crippen LogP contribution in [0.1, 0.15) is 0 Å². The summed E-state index contributed by atoms with van der Waals surface area (Å²) in [6.45, 7) is 2.06. The van der Waals surface area contributed by atoms with Gasteiger partial charge in [-0.15, -0.1) is 0 Å². The average molecular weight is 135 g/mol. The number of rotatable bonds is 0. The zero-order valence-electron chi connectivity index (χ0n) is 5.63. The monoisotopic (exact) mass is 135 g/mol. The molecule has 2 atom stereocenters. The van der Waals surface area contributed by atoms with E-state index in [1.54, 1.807) is 0 Å². The molecule has 2 bridgehead atoms. The Hall–Kier alpha value is -0.760. The molecule has 3 aliphatic rings. The Balaban J connectivity index is 2.15. The molecular weight excluding hydrogens is 126 g/mol. The van der Waals surface area contributed by atoms with Crippen molar-refractivity contribution in [2.45, 2.75) is 5.60 Å². The van der Waals surface area contributed by atoms with Crippen molar-refractivity contribution in [3.05, 3.63) is 24.0 Å². The molecule has 1 spiro atoms. The fourth-order valence-corrected chi connectivity index (χ4v) is 2.02. The second kappa shape index (κ2) is 1.30. The van der Waals surface area contributed by atoms with Crippen LogP contribution in [0, 0.1) is 5.92 Å². The SMILES string of the molecule is C1=CC23CNCC2C=C1O3. The van der Waals surface area contributed by atoms with Crippen LogP contribution in [0.15, 0.2) is 24.0 Å². The van der Waals surface area contributed by atoms with E-state index in [1.807, 2.05) is 0 Å². The van der Waals surface area contributed by atoms with Crippen LogP contribution in [0.5, 0.6) is 0 Å². The maximum absolute atomic E-state index is 5.67. The molecule has 0 amide bonds. The first-order chi connectivity index (χ1) is 4.89. The van der Waals surface area contributed by atoms with Crippen molar-refractivity contribution in [1.82, 2.24) is 5.32 Å². The molecule has 0 aromatic rings. The lowest BCUT2D eigenvalue weighted by Crippen LogP contribution is -2.32. The Morgan fingerprint density at radius 3 is 3.50 bits per heavy atom. The minimum absolute atomic E-state index is 0.0370. The Bertz CT molecular complexity index is 244. The van der Waals surface area contributed by atoms with Crippen LogP contribution in [0.3, 0.4) is 0 Å². The summed E-state index contributed by atoms with van der Waals surface area (Å²) >= 11 is 0. The Labute approximate surface area is 59.6 Å². The highest BCUT2D eigenvalue weighted by Gasteiger charge is 2.49. The molecule has 3 aliphatic heterocycles. The molecule has 0 radical (unpaired) electrons. The second-order valence-corrected chi connectivity index (χ2v) is 3.20. The van der Waals surface area contributed by atoms with E-state index in [9.17, 15) is 0 Å². The second-order valence-electron chi connectivity index (χ2n) is 3.20. The van der Waals surface area contributed by atoms with Crippen molar-refractivity contribution < 1.29 is 4.74 Å². The molecule has 2 unspecified atom stereocenters. The zero-order valence-corrected chi connectivity index (χ0v) is 5.63. The zero-order chi connectivity index (χ0) is 6.60. The van der Waals surface area contributed by atoms with Gasteiger partial charge in [-0.1, -0.05) is 0 Å². The summed E-state index contributed by atoms with van der Waals surface area (Å²) in [6.07, 6.45) is 6.48. The maximum atomic E-state index is 5.67. The molecule has 2 nitrogen and oxygen atoms in total. The Morgan fingerprint density at radius 2 is 2.70 bits per heavy atom. The van der Waals surface area contributed by atoms with Gasteiger partial charge in [-0.3, -0.25) is 0 Å². The summed E-state index contributed by atoms with van der Waals surface area (Å²) in [5, 5.41) is 3.32. The first-order valence-corrected chi connectivity index (χ1v) is 3.70. The number of allylic oxidation sites excluding steroid dienone is 1. The summed E-state index contributed by atoms with van der Waals surface area (Å²) in [6, 6.07) is 0. The van der Waals surface area contributed by atoms with E-state index in [0.717, 1.165) is 18.8 Å². The summed E-state index contributed by atoms with van der Waals surface area (Å²) in [5.74, 6) is 1.68. The normalized spacial score (nSPS) is 47.2. The number of ether oxygens (including phenoxy) is 1. The van der Waals surface area contributed by atoms with Gasteiger partial charge in [0.25, 0.3) is 0 Å². The maximum Gasteiger partial charge on any atom is 0.147 e. The van der Waals surface area contributed by atoms with Crippen LogP contribution in [0.2, 0.25) is 0 Å². The van der Waals surface area contributed by atoms with Gasteiger partial charge < -0.3 is 10.1 Å². The molecule has 0 saturated carbocycles.